The predicted octanol–water partition coefficient (Wildman–Crippen LogP) is 3.51. The van der Waals surface area contributed by atoms with Gasteiger partial charge in [0.25, 0.3) is 15.7 Å². The number of nitro groups is 1. The Morgan fingerprint density at radius 2 is 1.96 bits per heavy atom. The van der Waals surface area contributed by atoms with Crippen molar-refractivity contribution in [3.8, 4) is 5.75 Å². The van der Waals surface area contributed by atoms with E-state index in [1.165, 1.54) is 32.2 Å². The van der Waals surface area contributed by atoms with Gasteiger partial charge < -0.3 is 4.74 Å². The van der Waals surface area contributed by atoms with Crippen LogP contribution in [0.5, 0.6) is 5.75 Å². The van der Waals surface area contributed by atoms with E-state index < -0.39 is 31.3 Å². The molecule has 2 aromatic rings. The second kappa shape index (κ2) is 6.62. The minimum Gasteiger partial charge on any atom is -0.497 e. The second-order valence-corrected chi connectivity index (χ2v) is 6.84. The van der Waals surface area contributed by atoms with Gasteiger partial charge in [-0.2, -0.15) is 0 Å². The van der Waals surface area contributed by atoms with Gasteiger partial charge in [0, 0.05) is 17.7 Å². The molecule has 0 fully saturated rings. The molecule has 0 spiro atoms. The second-order valence-electron chi connectivity index (χ2n) is 4.78. The number of hydrogen-bond donors (Lipinski definition) is 1. The molecule has 128 valence electrons. The van der Waals surface area contributed by atoms with Crippen LogP contribution in [0.2, 0.25) is 5.02 Å². The van der Waals surface area contributed by atoms with Crippen LogP contribution in [-0.4, -0.2) is 20.5 Å². The summed E-state index contributed by atoms with van der Waals surface area (Å²) in [5, 5.41) is 11.0. The third-order valence-corrected chi connectivity index (χ3v) is 4.85. The molecule has 0 heterocycles. The molecule has 0 saturated carbocycles. The maximum atomic E-state index is 14.0. The zero-order valence-electron chi connectivity index (χ0n) is 12.5. The van der Waals surface area contributed by atoms with Crippen LogP contribution < -0.4 is 9.46 Å². The van der Waals surface area contributed by atoms with Crippen LogP contribution in [0.4, 0.5) is 15.8 Å². The lowest BCUT2D eigenvalue weighted by molar-refractivity contribution is -0.385. The van der Waals surface area contributed by atoms with Gasteiger partial charge in [-0.3, -0.25) is 14.8 Å². The zero-order valence-corrected chi connectivity index (χ0v) is 14.1. The average molecular weight is 375 g/mol. The standard InChI is InChI=1S/C14H12ClFN2O5S/c1-8-5-11(16)14(7-13(8)18(19)20)24(21,22)17-12-4-3-9(23-2)6-10(12)15/h3-7,17H,1-2H3. The van der Waals surface area contributed by atoms with Crippen LogP contribution >= 0.6 is 11.6 Å². The van der Waals surface area contributed by atoms with E-state index in [9.17, 15) is 22.9 Å². The predicted molar refractivity (Wildman–Crippen MR) is 86.6 cm³/mol. The van der Waals surface area contributed by atoms with Crippen molar-refractivity contribution in [2.75, 3.05) is 11.8 Å². The Kier molecular flexibility index (Phi) is 4.95. The van der Waals surface area contributed by atoms with E-state index in [-0.39, 0.29) is 16.3 Å². The summed E-state index contributed by atoms with van der Waals surface area (Å²) >= 11 is 5.94. The van der Waals surface area contributed by atoms with Crippen molar-refractivity contribution >= 4 is 33.0 Å². The van der Waals surface area contributed by atoms with Gasteiger partial charge in [0.05, 0.1) is 22.7 Å². The molecule has 2 aromatic carbocycles. The van der Waals surface area contributed by atoms with E-state index in [1.54, 1.807) is 0 Å². The largest absolute Gasteiger partial charge is 0.497 e. The number of halogens is 2. The molecule has 0 aliphatic heterocycles. The Morgan fingerprint density at radius 3 is 2.50 bits per heavy atom. The number of benzene rings is 2. The Bertz CT molecular complexity index is 918. The third-order valence-electron chi connectivity index (χ3n) is 3.16. The number of methoxy groups -OCH3 is 1. The van der Waals surface area contributed by atoms with Crippen LogP contribution in [0.15, 0.2) is 35.2 Å². The molecule has 0 unspecified atom stereocenters. The molecule has 24 heavy (non-hydrogen) atoms. The Morgan fingerprint density at radius 1 is 1.29 bits per heavy atom. The van der Waals surface area contributed by atoms with E-state index in [4.69, 9.17) is 16.3 Å². The van der Waals surface area contributed by atoms with Crippen LogP contribution in [0.3, 0.4) is 0 Å². The van der Waals surface area contributed by atoms with Crippen LogP contribution in [0.1, 0.15) is 5.56 Å². The van der Waals surface area contributed by atoms with Gasteiger partial charge in [0.1, 0.15) is 16.5 Å². The summed E-state index contributed by atoms with van der Waals surface area (Å²) in [4.78, 5) is 9.30. The van der Waals surface area contributed by atoms with Gasteiger partial charge in [-0.1, -0.05) is 11.6 Å². The van der Waals surface area contributed by atoms with Crippen molar-refractivity contribution in [3.63, 3.8) is 0 Å². The number of nitrogens with one attached hydrogen (secondary N) is 1. The lowest BCUT2D eigenvalue weighted by Gasteiger charge is -2.11. The fourth-order valence-corrected chi connectivity index (χ4v) is 3.38. The highest BCUT2D eigenvalue weighted by Gasteiger charge is 2.25. The summed E-state index contributed by atoms with van der Waals surface area (Å²) < 4.78 is 45.8. The van der Waals surface area contributed by atoms with Crippen molar-refractivity contribution in [2.45, 2.75) is 11.8 Å². The van der Waals surface area contributed by atoms with E-state index in [2.05, 4.69) is 4.72 Å². The molecule has 1 N–H and O–H groups in total. The first-order valence-corrected chi connectivity index (χ1v) is 8.32. The number of hydrogen-bond acceptors (Lipinski definition) is 5. The minimum atomic E-state index is -4.41. The van der Waals surface area contributed by atoms with Gasteiger partial charge in [-0.05, 0) is 25.1 Å². The molecule has 0 saturated heterocycles. The first-order valence-electron chi connectivity index (χ1n) is 6.46. The molecule has 0 aliphatic carbocycles. The lowest BCUT2D eigenvalue weighted by atomic mass is 10.2. The SMILES string of the molecule is COc1ccc(NS(=O)(=O)c2cc([N+](=O)[O-])c(C)cc2F)c(Cl)c1. The van der Waals surface area contributed by atoms with Crippen LogP contribution in [0.25, 0.3) is 0 Å². The summed E-state index contributed by atoms with van der Waals surface area (Å²) in [6, 6.07) is 5.62. The fraction of sp³-hybridized carbons (Fsp3) is 0.143. The molecule has 0 aromatic heterocycles. The van der Waals surface area contributed by atoms with Crippen molar-refractivity contribution in [3.05, 3.63) is 56.8 Å². The van der Waals surface area contributed by atoms with Gasteiger partial charge in [0.2, 0.25) is 0 Å². The molecule has 0 aliphatic rings. The molecule has 0 amide bonds. The highest BCUT2D eigenvalue weighted by atomic mass is 35.5. The molecule has 0 atom stereocenters. The topological polar surface area (TPSA) is 98.5 Å². The molecule has 0 bridgehead atoms. The van der Waals surface area contributed by atoms with Crippen LogP contribution in [0, 0.1) is 22.9 Å². The Hall–Kier alpha value is -2.39. The Labute approximate surface area is 142 Å². The minimum absolute atomic E-state index is 0.0129. The van der Waals surface area contributed by atoms with E-state index >= 15 is 0 Å². The number of nitrogens with zero attached hydrogens (tertiary/aromatic N) is 1. The van der Waals surface area contributed by atoms with Crippen molar-refractivity contribution in [1.82, 2.24) is 0 Å². The monoisotopic (exact) mass is 374 g/mol. The zero-order chi connectivity index (χ0) is 18.1. The molecule has 10 heteroatoms. The molecular formula is C14H12ClFN2O5S. The fourth-order valence-electron chi connectivity index (χ4n) is 1.95. The summed E-state index contributed by atoms with van der Waals surface area (Å²) in [6.45, 7) is 1.31. The van der Waals surface area contributed by atoms with Crippen molar-refractivity contribution in [1.29, 1.82) is 0 Å². The molecule has 7 nitrogen and oxygen atoms in total. The van der Waals surface area contributed by atoms with Crippen molar-refractivity contribution < 1.29 is 22.5 Å². The van der Waals surface area contributed by atoms with E-state index in [1.807, 2.05) is 0 Å². The maximum Gasteiger partial charge on any atom is 0.273 e. The van der Waals surface area contributed by atoms with Gasteiger partial charge in [-0.15, -0.1) is 0 Å². The third kappa shape index (κ3) is 3.57. The highest BCUT2D eigenvalue weighted by molar-refractivity contribution is 7.92. The van der Waals surface area contributed by atoms with Gasteiger partial charge in [-0.25, -0.2) is 12.8 Å². The van der Waals surface area contributed by atoms with E-state index in [0.717, 1.165) is 6.07 Å². The number of ether oxygens (including phenoxy) is 1. The van der Waals surface area contributed by atoms with Gasteiger partial charge in [0.15, 0.2) is 0 Å². The summed E-state index contributed by atoms with van der Waals surface area (Å²) in [7, 11) is -3.00. The number of rotatable bonds is 5. The normalized spacial score (nSPS) is 11.2. The number of anilines is 1. The first-order chi connectivity index (χ1) is 11.2. The molecular weight excluding hydrogens is 363 g/mol. The van der Waals surface area contributed by atoms with Crippen LogP contribution in [-0.2, 0) is 10.0 Å². The maximum absolute atomic E-state index is 14.0. The van der Waals surface area contributed by atoms with Crippen molar-refractivity contribution in [2.24, 2.45) is 0 Å². The molecule has 2 rings (SSSR count). The van der Waals surface area contributed by atoms with E-state index in [0.29, 0.717) is 11.8 Å². The highest BCUT2D eigenvalue weighted by Crippen LogP contribution is 2.31. The number of sulfonamides is 1. The summed E-state index contributed by atoms with van der Waals surface area (Å²) in [5.74, 6) is -0.699. The smallest absolute Gasteiger partial charge is 0.273 e. The summed E-state index contributed by atoms with van der Waals surface area (Å²) in [6.07, 6.45) is 0. The molecule has 0 radical (unpaired) electrons. The average Bonchev–Trinajstić information content (AvgIpc) is 2.48. The summed E-state index contributed by atoms with van der Waals surface area (Å²) in [5.41, 5.74) is -0.503. The first kappa shape index (κ1) is 18.0. The quantitative estimate of drug-likeness (QED) is 0.637. The lowest BCUT2D eigenvalue weighted by Crippen LogP contribution is -2.15. The number of nitro benzene ring substituents is 1. The Balaban J connectivity index is 2.48. The number of aryl methyl sites for hydroxylation is 1. The van der Waals surface area contributed by atoms with Gasteiger partial charge >= 0.3 is 0 Å².